The van der Waals surface area contributed by atoms with Gasteiger partial charge in [0.05, 0.1) is 11.1 Å². The van der Waals surface area contributed by atoms with Gasteiger partial charge in [0.1, 0.15) is 11.6 Å². The topological polar surface area (TPSA) is 28.6 Å². The van der Waals surface area contributed by atoms with Crippen LogP contribution in [0.2, 0.25) is 10.0 Å². The van der Waals surface area contributed by atoms with Gasteiger partial charge in [-0.1, -0.05) is 23.2 Å². The van der Waals surface area contributed by atoms with E-state index in [0.29, 0.717) is 34.5 Å². The van der Waals surface area contributed by atoms with Crippen molar-refractivity contribution < 1.29 is 4.74 Å². The molecule has 4 nitrogen and oxygen atoms in total. The Morgan fingerprint density at radius 3 is 2.89 bits per heavy atom. The average Bonchev–Trinajstić information content (AvgIpc) is 2.41. The molecule has 0 N–H and O–H groups in total. The summed E-state index contributed by atoms with van der Waals surface area (Å²) in [7, 11) is 0. The predicted octanol–water partition coefficient (Wildman–Crippen LogP) is 2.68. The molecule has 1 saturated heterocycles. The first-order valence-corrected chi connectivity index (χ1v) is 7.31. The van der Waals surface area contributed by atoms with Crippen molar-refractivity contribution in [3.05, 3.63) is 16.2 Å². The van der Waals surface area contributed by atoms with Gasteiger partial charge in [0.25, 0.3) is 0 Å². The molecule has 1 fully saturated rings. The summed E-state index contributed by atoms with van der Waals surface area (Å²) in [5, 5.41) is 0.913. The van der Waals surface area contributed by atoms with Crippen LogP contribution < -0.4 is 9.64 Å². The number of piperazine rings is 1. The van der Waals surface area contributed by atoms with Crippen molar-refractivity contribution in [2.24, 2.45) is 0 Å². The van der Waals surface area contributed by atoms with Crippen LogP contribution in [0.3, 0.4) is 0 Å². The summed E-state index contributed by atoms with van der Waals surface area (Å²) in [5.41, 5.74) is 0. The summed E-state index contributed by atoms with van der Waals surface area (Å²) >= 11 is 12.2. The highest BCUT2D eigenvalue weighted by atomic mass is 35.5. The molecule has 19 heavy (non-hydrogen) atoms. The van der Waals surface area contributed by atoms with E-state index < -0.39 is 0 Å². The summed E-state index contributed by atoms with van der Waals surface area (Å²) < 4.78 is 5.79. The van der Waals surface area contributed by atoms with E-state index in [1.807, 2.05) is 0 Å². The van der Waals surface area contributed by atoms with Gasteiger partial charge in [-0.05, 0) is 13.8 Å². The quantitative estimate of drug-likeness (QED) is 0.797. The molecule has 2 aliphatic heterocycles. The fourth-order valence-corrected chi connectivity index (χ4v) is 3.04. The number of ether oxygens (including phenoxy) is 1. The first-order valence-electron chi connectivity index (χ1n) is 6.55. The molecule has 0 saturated carbocycles. The summed E-state index contributed by atoms with van der Waals surface area (Å²) in [6.07, 6.45) is 1.60. The third-order valence-corrected chi connectivity index (χ3v) is 4.61. The molecule has 0 unspecified atom stereocenters. The maximum Gasteiger partial charge on any atom is 0.182 e. The highest BCUT2D eigenvalue weighted by Gasteiger charge is 2.35. The molecule has 0 aromatic carbocycles. The molecule has 1 aromatic rings. The third kappa shape index (κ3) is 2.26. The highest BCUT2D eigenvalue weighted by Crippen LogP contribution is 2.42. The lowest BCUT2D eigenvalue weighted by Crippen LogP contribution is -2.58. The molecule has 3 rings (SSSR count). The van der Waals surface area contributed by atoms with E-state index in [4.69, 9.17) is 27.9 Å². The summed E-state index contributed by atoms with van der Waals surface area (Å²) in [4.78, 5) is 9.16. The smallest absolute Gasteiger partial charge is 0.182 e. The number of nitrogens with zero attached hydrogens (tertiary/aromatic N) is 3. The highest BCUT2D eigenvalue weighted by molar-refractivity contribution is 6.43. The number of anilines is 1. The third-order valence-electron chi connectivity index (χ3n) is 3.85. The number of halogens is 2. The number of aromatic nitrogens is 1. The van der Waals surface area contributed by atoms with Crippen molar-refractivity contribution in [3.63, 3.8) is 0 Å². The van der Waals surface area contributed by atoms with Gasteiger partial charge in [0.15, 0.2) is 11.6 Å². The Morgan fingerprint density at radius 1 is 1.37 bits per heavy atom. The van der Waals surface area contributed by atoms with Crippen molar-refractivity contribution in [1.29, 1.82) is 0 Å². The number of hydrogen-bond donors (Lipinski definition) is 0. The van der Waals surface area contributed by atoms with Crippen LogP contribution in [0.5, 0.6) is 5.75 Å². The van der Waals surface area contributed by atoms with E-state index in [0.717, 1.165) is 25.5 Å². The van der Waals surface area contributed by atoms with Gasteiger partial charge in [0.2, 0.25) is 0 Å². The second-order valence-electron chi connectivity index (χ2n) is 5.32. The lowest BCUT2D eigenvalue weighted by molar-refractivity contribution is 0.141. The molecule has 0 bridgehead atoms. The van der Waals surface area contributed by atoms with Crippen LogP contribution >= 0.6 is 23.2 Å². The minimum absolute atomic E-state index is 0.341. The van der Waals surface area contributed by atoms with Gasteiger partial charge >= 0.3 is 0 Å². The van der Waals surface area contributed by atoms with Crippen LogP contribution in [0.15, 0.2) is 6.20 Å². The molecular weight excluding hydrogens is 285 g/mol. The summed E-state index contributed by atoms with van der Waals surface area (Å²) in [6.45, 7) is 8.07. The lowest BCUT2D eigenvalue weighted by atomic mass is 10.1. The number of fused-ring (bicyclic) bond motifs is 3. The van der Waals surface area contributed by atoms with Crippen molar-refractivity contribution >= 4 is 29.0 Å². The Kier molecular flexibility index (Phi) is 3.50. The Hall–Kier alpha value is -0.710. The fraction of sp³-hybridized carbons (Fsp3) is 0.615. The van der Waals surface area contributed by atoms with Crippen LogP contribution in [0, 0.1) is 0 Å². The zero-order chi connectivity index (χ0) is 13.6. The molecule has 1 atom stereocenters. The van der Waals surface area contributed by atoms with Crippen LogP contribution in [-0.4, -0.2) is 48.2 Å². The second kappa shape index (κ2) is 5.00. The summed E-state index contributed by atoms with van der Waals surface area (Å²) in [6, 6.07) is 0.902. The Balaban J connectivity index is 1.89. The Bertz CT molecular complexity index is 495. The van der Waals surface area contributed by atoms with Crippen LogP contribution in [0.25, 0.3) is 0 Å². The number of rotatable bonds is 1. The van der Waals surface area contributed by atoms with E-state index in [2.05, 4.69) is 28.6 Å². The predicted molar refractivity (Wildman–Crippen MR) is 77.6 cm³/mol. The number of pyridine rings is 1. The minimum Gasteiger partial charge on any atom is -0.486 e. The van der Waals surface area contributed by atoms with Gasteiger partial charge in [-0.15, -0.1) is 0 Å². The van der Waals surface area contributed by atoms with E-state index >= 15 is 0 Å². The monoisotopic (exact) mass is 301 g/mol. The first kappa shape index (κ1) is 13.3. The van der Waals surface area contributed by atoms with Crippen molar-refractivity contribution in [2.45, 2.75) is 25.9 Å². The van der Waals surface area contributed by atoms with E-state index in [-0.39, 0.29) is 0 Å². The fourth-order valence-electron chi connectivity index (χ4n) is 2.72. The SMILES string of the molecule is CC(C)N1CCN2c3ncc(Cl)c(Cl)c3OC[C@@H]2C1. The average molecular weight is 302 g/mol. The molecule has 0 amide bonds. The zero-order valence-corrected chi connectivity index (χ0v) is 12.6. The molecule has 1 aromatic heterocycles. The van der Waals surface area contributed by atoms with Gasteiger partial charge in [-0.25, -0.2) is 4.98 Å². The van der Waals surface area contributed by atoms with Crippen molar-refractivity contribution in [3.8, 4) is 5.75 Å². The molecule has 6 heteroatoms. The van der Waals surface area contributed by atoms with E-state index in [1.54, 1.807) is 6.20 Å². The molecule has 2 aliphatic rings. The van der Waals surface area contributed by atoms with E-state index in [1.165, 1.54) is 0 Å². The maximum absolute atomic E-state index is 6.19. The van der Waals surface area contributed by atoms with Gasteiger partial charge in [-0.3, -0.25) is 4.90 Å². The maximum atomic E-state index is 6.19. The largest absolute Gasteiger partial charge is 0.486 e. The molecule has 0 aliphatic carbocycles. The molecule has 104 valence electrons. The zero-order valence-electron chi connectivity index (χ0n) is 11.1. The normalized spacial score (nSPS) is 23.0. The van der Waals surface area contributed by atoms with Crippen molar-refractivity contribution in [1.82, 2.24) is 9.88 Å². The minimum atomic E-state index is 0.341. The van der Waals surface area contributed by atoms with E-state index in [9.17, 15) is 0 Å². The second-order valence-corrected chi connectivity index (χ2v) is 6.10. The number of hydrogen-bond acceptors (Lipinski definition) is 4. The lowest BCUT2D eigenvalue weighted by Gasteiger charge is -2.46. The summed E-state index contributed by atoms with van der Waals surface area (Å²) in [5.74, 6) is 1.46. The van der Waals surface area contributed by atoms with Gasteiger partial charge < -0.3 is 9.64 Å². The molecule has 0 spiro atoms. The van der Waals surface area contributed by atoms with Crippen LogP contribution in [0.4, 0.5) is 5.82 Å². The van der Waals surface area contributed by atoms with Gasteiger partial charge in [-0.2, -0.15) is 0 Å². The van der Waals surface area contributed by atoms with Crippen molar-refractivity contribution in [2.75, 3.05) is 31.1 Å². The first-order chi connectivity index (χ1) is 9.08. The van der Waals surface area contributed by atoms with Crippen LogP contribution in [0.1, 0.15) is 13.8 Å². The molecule has 3 heterocycles. The van der Waals surface area contributed by atoms with Crippen LogP contribution in [-0.2, 0) is 0 Å². The standard InChI is InChI=1S/C13H17Cl2N3O/c1-8(2)17-3-4-18-9(6-17)7-19-12-11(15)10(14)5-16-13(12)18/h5,8-9H,3-4,6-7H2,1-2H3/t9-/m0/s1. The molecular formula is C13H17Cl2N3O. The van der Waals surface area contributed by atoms with Gasteiger partial charge in [0, 0.05) is 31.9 Å². The Morgan fingerprint density at radius 2 is 2.16 bits per heavy atom. The Labute approximate surface area is 123 Å². The molecule has 0 radical (unpaired) electrons.